The van der Waals surface area contributed by atoms with Gasteiger partial charge in [-0.1, -0.05) is 33.6 Å². The topological polar surface area (TPSA) is 48.3 Å². The first kappa shape index (κ1) is 19.3. The molecule has 0 bridgehead atoms. The van der Waals surface area contributed by atoms with Gasteiger partial charge in [0.25, 0.3) is 5.56 Å². The van der Waals surface area contributed by atoms with Gasteiger partial charge >= 0.3 is 0 Å². The van der Waals surface area contributed by atoms with E-state index in [4.69, 9.17) is 16.3 Å². The fourth-order valence-electron chi connectivity index (χ4n) is 2.68. The summed E-state index contributed by atoms with van der Waals surface area (Å²) in [6, 6.07) is 5.21. The molecular formula is C19H18BrClFNO3. The molecule has 0 spiro atoms. The summed E-state index contributed by atoms with van der Waals surface area (Å²) in [7, 11) is 1.42. The molecule has 1 heterocycles. The minimum Gasteiger partial charge on any atom is -0.373 e. The number of Topliss-reactive ketones (excluding diaryl/α,β-unsaturated/α-hetero) is 1. The lowest BCUT2D eigenvalue weighted by molar-refractivity contribution is 0.0737. The first-order chi connectivity index (χ1) is 12.4. The summed E-state index contributed by atoms with van der Waals surface area (Å²) in [5, 5.41) is 0.433. The molecule has 0 saturated heterocycles. The van der Waals surface area contributed by atoms with Gasteiger partial charge in [-0.3, -0.25) is 9.59 Å². The Kier molecular flexibility index (Phi) is 5.95. The number of pyridine rings is 1. The van der Waals surface area contributed by atoms with Crippen LogP contribution in [0.4, 0.5) is 4.39 Å². The summed E-state index contributed by atoms with van der Waals surface area (Å²) < 4.78 is 22.0. The van der Waals surface area contributed by atoms with Crippen LogP contribution in [0.5, 0.6) is 0 Å². The van der Waals surface area contributed by atoms with Crippen LogP contribution in [0.25, 0.3) is 0 Å². The Morgan fingerprint density at radius 3 is 2.81 bits per heavy atom. The average molecular weight is 443 g/mol. The molecule has 26 heavy (non-hydrogen) atoms. The van der Waals surface area contributed by atoms with Gasteiger partial charge < -0.3 is 9.30 Å². The molecule has 0 atom stereocenters. The van der Waals surface area contributed by atoms with Crippen molar-refractivity contribution in [2.24, 2.45) is 13.0 Å². The van der Waals surface area contributed by atoms with Crippen LogP contribution in [-0.2, 0) is 18.2 Å². The number of benzene rings is 1. The highest BCUT2D eigenvalue weighted by molar-refractivity contribution is 9.10. The van der Waals surface area contributed by atoms with Crippen molar-refractivity contribution in [2.45, 2.75) is 19.3 Å². The molecule has 138 valence electrons. The molecule has 0 unspecified atom stereocenters. The van der Waals surface area contributed by atoms with Gasteiger partial charge in [-0.25, -0.2) is 4.39 Å². The molecule has 1 aromatic carbocycles. The number of halogens is 3. The van der Waals surface area contributed by atoms with Gasteiger partial charge in [-0.15, -0.1) is 0 Å². The molecular weight excluding hydrogens is 425 g/mol. The normalized spacial score (nSPS) is 13.8. The van der Waals surface area contributed by atoms with E-state index in [9.17, 15) is 14.0 Å². The second kappa shape index (κ2) is 8.03. The first-order valence-corrected chi connectivity index (χ1v) is 9.46. The predicted octanol–water partition coefficient (Wildman–Crippen LogP) is 4.14. The Morgan fingerprint density at radius 1 is 1.42 bits per heavy atom. The Hall–Kier alpha value is -1.50. The van der Waals surface area contributed by atoms with E-state index in [1.165, 1.54) is 13.2 Å². The Bertz CT molecular complexity index is 908. The molecule has 4 nitrogen and oxygen atoms in total. The molecule has 7 heteroatoms. The van der Waals surface area contributed by atoms with Crippen LogP contribution < -0.4 is 5.56 Å². The highest BCUT2D eigenvalue weighted by atomic mass is 79.9. The number of hydrogen-bond acceptors (Lipinski definition) is 3. The molecule has 1 saturated carbocycles. The van der Waals surface area contributed by atoms with E-state index in [0.29, 0.717) is 23.1 Å². The summed E-state index contributed by atoms with van der Waals surface area (Å²) in [4.78, 5) is 24.6. The minimum absolute atomic E-state index is 0.0531. The van der Waals surface area contributed by atoms with Crippen LogP contribution in [0.15, 0.2) is 33.7 Å². The first-order valence-electron chi connectivity index (χ1n) is 8.29. The molecule has 1 aliphatic rings. The van der Waals surface area contributed by atoms with Crippen molar-refractivity contribution >= 4 is 33.3 Å². The summed E-state index contributed by atoms with van der Waals surface area (Å²) in [5.41, 5.74) is 0.0652. The Morgan fingerprint density at radius 2 is 2.15 bits per heavy atom. The fraction of sp³-hybridized carbons (Fsp3) is 0.368. The van der Waals surface area contributed by atoms with Crippen molar-refractivity contribution in [3.8, 4) is 0 Å². The zero-order valence-electron chi connectivity index (χ0n) is 14.2. The summed E-state index contributed by atoms with van der Waals surface area (Å²) in [6.07, 6.45) is 3.67. The number of ketones is 1. The number of hydrogen-bond donors (Lipinski definition) is 0. The SMILES string of the molecule is Cn1cc(C(=O)COCC2CC2)c(Cc2ccc(Br)cc2Cl)c(F)c1=O. The molecule has 1 fully saturated rings. The maximum atomic E-state index is 14.7. The standard InChI is InChI=1S/C19H18BrClFNO3/c1-23-8-15(17(24)10-26-9-11-2-3-11)14(18(22)19(23)25)6-12-4-5-13(20)7-16(12)21/h4-5,7-8,11H,2-3,6,9-10H2,1H3. The quantitative estimate of drug-likeness (QED) is 0.606. The number of carbonyl (C=O) groups excluding carboxylic acids is 1. The van der Waals surface area contributed by atoms with Crippen molar-refractivity contribution in [3.63, 3.8) is 0 Å². The molecule has 1 aromatic heterocycles. The zero-order valence-corrected chi connectivity index (χ0v) is 16.6. The van der Waals surface area contributed by atoms with Gasteiger partial charge in [0.05, 0.1) is 6.61 Å². The van der Waals surface area contributed by atoms with E-state index in [0.717, 1.165) is 21.9 Å². The van der Waals surface area contributed by atoms with Crippen LogP contribution in [0.2, 0.25) is 5.02 Å². The van der Waals surface area contributed by atoms with Crippen LogP contribution in [0, 0.1) is 11.7 Å². The third-order valence-electron chi connectivity index (χ3n) is 4.39. The van der Waals surface area contributed by atoms with Crippen molar-refractivity contribution in [1.82, 2.24) is 4.57 Å². The summed E-state index contributed by atoms with van der Waals surface area (Å²) in [6.45, 7) is 0.406. The Balaban J connectivity index is 1.92. The lowest BCUT2D eigenvalue weighted by Gasteiger charge is -2.13. The third-order valence-corrected chi connectivity index (χ3v) is 5.23. The second-order valence-corrected chi connectivity index (χ2v) is 7.87. The molecule has 0 radical (unpaired) electrons. The van der Waals surface area contributed by atoms with Gasteiger partial charge in [0.1, 0.15) is 6.61 Å². The number of aryl methyl sites for hydroxylation is 1. The largest absolute Gasteiger partial charge is 0.373 e. The van der Waals surface area contributed by atoms with E-state index in [-0.39, 0.29) is 29.9 Å². The molecule has 1 aliphatic carbocycles. The zero-order chi connectivity index (χ0) is 18.8. The van der Waals surface area contributed by atoms with Crippen molar-refractivity contribution in [1.29, 1.82) is 0 Å². The third kappa shape index (κ3) is 4.42. The molecule has 0 aliphatic heterocycles. The van der Waals surface area contributed by atoms with E-state index in [1.54, 1.807) is 18.2 Å². The fourth-order valence-corrected chi connectivity index (χ4v) is 3.42. The van der Waals surface area contributed by atoms with Gasteiger partial charge in [0, 0.05) is 40.3 Å². The van der Waals surface area contributed by atoms with Crippen molar-refractivity contribution in [3.05, 3.63) is 66.8 Å². The maximum absolute atomic E-state index is 14.7. The number of ether oxygens (including phenoxy) is 1. The number of carbonyl (C=O) groups is 1. The average Bonchev–Trinajstić information content (AvgIpc) is 3.41. The second-order valence-electron chi connectivity index (χ2n) is 6.55. The predicted molar refractivity (Wildman–Crippen MR) is 101 cm³/mol. The van der Waals surface area contributed by atoms with Crippen LogP contribution in [0.3, 0.4) is 0 Å². The van der Waals surface area contributed by atoms with E-state index >= 15 is 0 Å². The number of aromatic nitrogens is 1. The van der Waals surface area contributed by atoms with Gasteiger partial charge in [0.15, 0.2) is 11.6 Å². The smallest absolute Gasteiger partial charge is 0.286 e. The van der Waals surface area contributed by atoms with E-state index < -0.39 is 11.4 Å². The molecule has 0 amide bonds. The van der Waals surface area contributed by atoms with Crippen LogP contribution in [-0.4, -0.2) is 23.6 Å². The highest BCUT2D eigenvalue weighted by Gasteiger charge is 2.24. The van der Waals surface area contributed by atoms with Crippen molar-refractivity contribution < 1.29 is 13.9 Å². The van der Waals surface area contributed by atoms with E-state index in [2.05, 4.69) is 15.9 Å². The molecule has 2 aromatic rings. The maximum Gasteiger partial charge on any atom is 0.286 e. The van der Waals surface area contributed by atoms with Crippen LogP contribution >= 0.6 is 27.5 Å². The lowest BCUT2D eigenvalue weighted by Crippen LogP contribution is -2.26. The molecule has 0 N–H and O–H groups in total. The highest BCUT2D eigenvalue weighted by Crippen LogP contribution is 2.29. The Labute approximate surface area is 164 Å². The summed E-state index contributed by atoms with van der Waals surface area (Å²) in [5.74, 6) is -0.747. The van der Waals surface area contributed by atoms with Gasteiger partial charge in [-0.2, -0.15) is 0 Å². The minimum atomic E-state index is -0.931. The number of rotatable bonds is 7. The number of nitrogens with zero attached hydrogens (tertiary/aromatic N) is 1. The van der Waals surface area contributed by atoms with E-state index in [1.807, 2.05) is 0 Å². The molecule has 3 rings (SSSR count). The summed E-state index contributed by atoms with van der Waals surface area (Å²) >= 11 is 9.53. The van der Waals surface area contributed by atoms with Gasteiger partial charge in [0.2, 0.25) is 0 Å². The van der Waals surface area contributed by atoms with Crippen LogP contribution in [0.1, 0.15) is 34.3 Å². The lowest BCUT2D eigenvalue weighted by atomic mass is 9.98. The van der Waals surface area contributed by atoms with Crippen molar-refractivity contribution in [2.75, 3.05) is 13.2 Å². The van der Waals surface area contributed by atoms with Gasteiger partial charge in [-0.05, 0) is 36.5 Å². The monoisotopic (exact) mass is 441 g/mol.